The van der Waals surface area contributed by atoms with Gasteiger partial charge in [-0.15, -0.1) is 11.3 Å². The topological polar surface area (TPSA) is 108 Å². The van der Waals surface area contributed by atoms with E-state index in [-0.39, 0.29) is 28.9 Å². The van der Waals surface area contributed by atoms with E-state index in [0.29, 0.717) is 6.54 Å². The highest BCUT2D eigenvalue weighted by Gasteiger charge is 2.13. The number of anilines is 1. The third kappa shape index (κ3) is 4.88. The van der Waals surface area contributed by atoms with Crippen molar-refractivity contribution in [3.05, 3.63) is 17.0 Å². The van der Waals surface area contributed by atoms with Crippen LogP contribution in [0.25, 0.3) is 0 Å². The van der Waals surface area contributed by atoms with Crippen molar-refractivity contribution < 1.29 is 19.5 Å². The maximum Gasteiger partial charge on any atom is 0.338 e. The fourth-order valence-corrected chi connectivity index (χ4v) is 2.06. The van der Waals surface area contributed by atoms with Gasteiger partial charge in [0, 0.05) is 19.0 Å². The van der Waals surface area contributed by atoms with Crippen LogP contribution in [0, 0.1) is 5.92 Å². The lowest BCUT2D eigenvalue weighted by Gasteiger charge is -2.09. The first kappa shape index (κ1) is 16.0. The Bertz CT molecular complexity index is 499. The molecule has 3 amide bonds. The monoisotopic (exact) mass is 299 g/mol. The highest BCUT2D eigenvalue weighted by atomic mass is 32.1. The van der Waals surface area contributed by atoms with E-state index in [0.717, 1.165) is 11.3 Å². The van der Waals surface area contributed by atoms with Gasteiger partial charge in [-0.05, 0) is 11.4 Å². The number of thiophene rings is 1. The van der Waals surface area contributed by atoms with Crippen molar-refractivity contribution in [3.63, 3.8) is 0 Å². The third-order valence-electron chi connectivity index (χ3n) is 2.36. The van der Waals surface area contributed by atoms with Crippen molar-refractivity contribution in [3.8, 4) is 0 Å². The number of hydrogen-bond acceptors (Lipinski definition) is 4. The summed E-state index contributed by atoms with van der Waals surface area (Å²) in [5.74, 6) is -1.28. The molecule has 0 saturated heterocycles. The van der Waals surface area contributed by atoms with Crippen LogP contribution in [0.3, 0.4) is 0 Å². The molecule has 0 bridgehead atoms. The molecule has 20 heavy (non-hydrogen) atoms. The van der Waals surface area contributed by atoms with Gasteiger partial charge in [0.25, 0.3) is 0 Å². The molecule has 0 unspecified atom stereocenters. The Morgan fingerprint density at radius 1 is 1.25 bits per heavy atom. The summed E-state index contributed by atoms with van der Waals surface area (Å²) < 4.78 is 0. The molecule has 8 heteroatoms. The van der Waals surface area contributed by atoms with Gasteiger partial charge in [0.05, 0.1) is 5.56 Å². The normalized spacial score (nSPS) is 10.2. The van der Waals surface area contributed by atoms with E-state index >= 15 is 0 Å². The molecule has 1 aromatic heterocycles. The summed E-state index contributed by atoms with van der Waals surface area (Å²) in [5, 5.41) is 18.4. The number of carbonyl (C=O) groups excluding carboxylic acids is 2. The molecule has 1 aromatic rings. The summed E-state index contributed by atoms with van der Waals surface area (Å²) in [6, 6.07) is 0.916. The van der Waals surface area contributed by atoms with Crippen LogP contribution < -0.4 is 16.0 Å². The SMILES string of the molecule is CC(C)C(=O)NCCNC(=O)Nc1sccc1C(=O)O. The van der Waals surface area contributed by atoms with E-state index in [1.54, 1.807) is 19.2 Å². The van der Waals surface area contributed by atoms with Crippen LogP contribution in [-0.4, -0.2) is 36.1 Å². The number of rotatable bonds is 6. The zero-order valence-corrected chi connectivity index (χ0v) is 12.0. The number of carbonyl (C=O) groups is 3. The molecule has 0 fully saturated rings. The summed E-state index contributed by atoms with van der Waals surface area (Å²) in [4.78, 5) is 33.7. The van der Waals surface area contributed by atoms with E-state index < -0.39 is 12.0 Å². The second-order valence-corrected chi connectivity index (χ2v) is 5.21. The van der Waals surface area contributed by atoms with Crippen molar-refractivity contribution >= 4 is 34.2 Å². The molecule has 7 nitrogen and oxygen atoms in total. The van der Waals surface area contributed by atoms with Gasteiger partial charge >= 0.3 is 12.0 Å². The number of carboxylic acids is 1. The summed E-state index contributed by atoms with van der Waals surface area (Å²) in [7, 11) is 0. The van der Waals surface area contributed by atoms with E-state index in [9.17, 15) is 14.4 Å². The number of carboxylic acid groups (broad SMARTS) is 1. The lowest BCUT2D eigenvalue weighted by atomic mass is 10.2. The number of aromatic carboxylic acids is 1. The first-order valence-corrected chi connectivity index (χ1v) is 6.93. The average Bonchev–Trinajstić information content (AvgIpc) is 2.82. The molecule has 110 valence electrons. The van der Waals surface area contributed by atoms with Gasteiger partial charge in [0.15, 0.2) is 0 Å². The molecule has 0 atom stereocenters. The summed E-state index contributed by atoms with van der Waals surface area (Å²) in [6.45, 7) is 4.14. The Kier molecular flexibility index (Phi) is 5.98. The molecular formula is C12H17N3O4S. The lowest BCUT2D eigenvalue weighted by Crippen LogP contribution is -2.38. The molecule has 1 heterocycles. The van der Waals surface area contributed by atoms with Crippen LogP contribution >= 0.6 is 11.3 Å². The standard InChI is InChI=1S/C12H17N3O4S/c1-7(2)9(16)13-4-5-14-12(19)15-10-8(11(17)18)3-6-20-10/h3,6-7H,4-5H2,1-2H3,(H,13,16)(H,17,18)(H2,14,15,19). The second-order valence-electron chi connectivity index (χ2n) is 4.30. The van der Waals surface area contributed by atoms with Crippen LogP contribution in [0.4, 0.5) is 9.80 Å². The molecule has 0 saturated carbocycles. The van der Waals surface area contributed by atoms with Crippen LogP contribution in [0.5, 0.6) is 0 Å². The Morgan fingerprint density at radius 3 is 2.50 bits per heavy atom. The zero-order chi connectivity index (χ0) is 15.1. The van der Waals surface area contributed by atoms with Crippen LogP contribution in [0.1, 0.15) is 24.2 Å². The first-order chi connectivity index (χ1) is 9.41. The van der Waals surface area contributed by atoms with E-state index in [4.69, 9.17) is 5.11 Å². The molecule has 0 aliphatic rings. The fourth-order valence-electron chi connectivity index (χ4n) is 1.29. The van der Waals surface area contributed by atoms with Crippen molar-refractivity contribution in [2.24, 2.45) is 5.92 Å². The molecule has 1 rings (SSSR count). The summed E-state index contributed by atoms with van der Waals surface area (Å²) in [5.41, 5.74) is 0.0539. The van der Waals surface area contributed by atoms with Gasteiger partial charge < -0.3 is 15.7 Å². The van der Waals surface area contributed by atoms with Crippen LogP contribution in [0.2, 0.25) is 0 Å². The smallest absolute Gasteiger partial charge is 0.338 e. The molecule has 0 radical (unpaired) electrons. The number of nitrogens with one attached hydrogen (secondary N) is 3. The van der Waals surface area contributed by atoms with Gasteiger partial charge in [-0.25, -0.2) is 9.59 Å². The van der Waals surface area contributed by atoms with E-state index in [1.165, 1.54) is 6.07 Å². The largest absolute Gasteiger partial charge is 0.478 e. The van der Waals surface area contributed by atoms with Crippen LogP contribution in [-0.2, 0) is 4.79 Å². The molecule has 0 aliphatic carbocycles. The highest BCUT2D eigenvalue weighted by molar-refractivity contribution is 7.14. The minimum absolute atomic E-state index is 0.0539. The predicted molar refractivity (Wildman–Crippen MR) is 76.1 cm³/mol. The van der Waals surface area contributed by atoms with Gasteiger partial charge in [0.1, 0.15) is 5.00 Å². The highest BCUT2D eigenvalue weighted by Crippen LogP contribution is 2.22. The lowest BCUT2D eigenvalue weighted by molar-refractivity contribution is -0.123. The van der Waals surface area contributed by atoms with Crippen molar-refractivity contribution in [2.75, 3.05) is 18.4 Å². The third-order valence-corrected chi connectivity index (χ3v) is 3.19. The number of urea groups is 1. The van der Waals surface area contributed by atoms with Gasteiger partial charge in [-0.3, -0.25) is 10.1 Å². The zero-order valence-electron chi connectivity index (χ0n) is 11.2. The molecule has 0 aliphatic heterocycles. The minimum Gasteiger partial charge on any atom is -0.478 e. The minimum atomic E-state index is -1.09. The molecular weight excluding hydrogens is 282 g/mol. The average molecular weight is 299 g/mol. The van der Waals surface area contributed by atoms with Gasteiger partial charge in [0.2, 0.25) is 5.91 Å². The van der Waals surface area contributed by atoms with Crippen molar-refractivity contribution in [2.45, 2.75) is 13.8 Å². The van der Waals surface area contributed by atoms with Gasteiger partial charge in [-0.2, -0.15) is 0 Å². The van der Waals surface area contributed by atoms with Crippen molar-refractivity contribution in [1.29, 1.82) is 0 Å². The summed E-state index contributed by atoms with van der Waals surface area (Å²) in [6.07, 6.45) is 0. The number of hydrogen-bond donors (Lipinski definition) is 4. The Hall–Kier alpha value is -2.09. The van der Waals surface area contributed by atoms with Crippen LogP contribution in [0.15, 0.2) is 11.4 Å². The quantitative estimate of drug-likeness (QED) is 0.594. The number of amides is 3. The van der Waals surface area contributed by atoms with E-state index in [2.05, 4.69) is 16.0 Å². The Morgan fingerprint density at radius 2 is 1.90 bits per heavy atom. The predicted octanol–water partition coefficient (Wildman–Crippen LogP) is 1.34. The van der Waals surface area contributed by atoms with Crippen molar-refractivity contribution in [1.82, 2.24) is 10.6 Å². The Balaban J connectivity index is 2.32. The first-order valence-electron chi connectivity index (χ1n) is 6.05. The maximum absolute atomic E-state index is 11.5. The molecule has 0 aromatic carbocycles. The van der Waals surface area contributed by atoms with Gasteiger partial charge in [-0.1, -0.05) is 13.8 Å². The molecule has 0 spiro atoms. The second kappa shape index (κ2) is 7.49. The molecule has 4 N–H and O–H groups in total. The van der Waals surface area contributed by atoms with E-state index in [1.807, 2.05) is 0 Å². The Labute approximate surface area is 120 Å². The fraction of sp³-hybridized carbons (Fsp3) is 0.417. The summed E-state index contributed by atoms with van der Waals surface area (Å²) >= 11 is 1.13. The maximum atomic E-state index is 11.5.